The lowest BCUT2D eigenvalue weighted by atomic mass is 10.0. The molecule has 0 aromatic carbocycles. The van der Waals surface area contributed by atoms with E-state index >= 15 is 0 Å². The first kappa shape index (κ1) is 11.6. The summed E-state index contributed by atoms with van der Waals surface area (Å²) in [4.78, 5) is 15.8. The van der Waals surface area contributed by atoms with Gasteiger partial charge < -0.3 is 5.32 Å². The van der Waals surface area contributed by atoms with Crippen molar-refractivity contribution < 1.29 is 4.79 Å². The minimum Gasteiger partial charge on any atom is -0.351 e. The molecule has 2 rings (SSSR count). The highest BCUT2D eigenvalue weighted by Crippen LogP contribution is 2.47. The Morgan fingerprint density at radius 1 is 1.56 bits per heavy atom. The summed E-state index contributed by atoms with van der Waals surface area (Å²) in [6, 6.07) is 1.79. The van der Waals surface area contributed by atoms with E-state index in [-0.39, 0.29) is 5.91 Å². The summed E-state index contributed by atoms with van der Waals surface area (Å²) >= 11 is 3.30. The number of carbonyl (C=O) groups excluding carboxylic acids is 1. The highest BCUT2D eigenvalue weighted by atomic mass is 79.9. The standard InChI is InChI=1S/C12H15BrN2O/c1-2-12(3-4-12)8-15-11(16)9-5-10(13)7-14-6-9/h5-7H,2-4,8H2,1H3,(H,15,16). The molecule has 86 valence electrons. The fraction of sp³-hybridized carbons (Fsp3) is 0.500. The molecule has 0 radical (unpaired) electrons. The third-order valence-electron chi connectivity index (χ3n) is 3.30. The van der Waals surface area contributed by atoms with Crippen molar-refractivity contribution in [2.24, 2.45) is 5.41 Å². The predicted octanol–water partition coefficient (Wildman–Crippen LogP) is 2.76. The fourth-order valence-corrected chi connectivity index (χ4v) is 2.10. The number of rotatable bonds is 4. The van der Waals surface area contributed by atoms with Gasteiger partial charge >= 0.3 is 0 Å². The van der Waals surface area contributed by atoms with Gasteiger partial charge in [0.25, 0.3) is 5.91 Å². The lowest BCUT2D eigenvalue weighted by Crippen LogP contribution is -2.30. The highest BCUT2D eigenvalue weighted by Gasteiger charge is 2.40. The molecule has 1 N–H and O–H groups in total. The van der Waals surface area contributed by atoms with Crippen LogP contribution in [0.25, 0.3) is 0 Å². The summed E-state index contributed by atoms with van der Waals surface area (Å²) in [5, 5.41) is 2.98. The maximum absolute atomic E-state index is 11.8. The first-order valence-electron chi connectivity index (χ1n) is 5.54. The van der Waals surface area contributed by atoms with Crippen LogP contribution in [0, 0.1) is 5.41 Å². The van der Waals surface area contributed by atoms with E-state index in [0.717, 1.165) is 17.4 Å². The molecule has 1 aliphatic rings. The lowest BCUT2D eigenvalue weighted by molar-refractivity contribution is 0.0944. The Bertz CT molecular complexity index is 402. The van der Waals surface area contributed by atoms with Crippen LogP contribution < -0.4 is 5.32 Å². The molecule has 3 nitrogen and oxygen atoms in total. The molecule has 1 aromatic rings. The molecule has 4 heteroatoms. The normalized spacial score (nSPS) is 16.9. The molecule has 0 spiro atoms. The second-order valence-corrected chi connectivity index (χ2v) is 5.34. The van der Waals surface area contributed by atoms with Gasteiger partial charge in [-0.15, -0.1) is 0 Å². The van der Waals surface area contributed by atoms with E-state index in [1.165, 1.54) is 12.8 Å². The van der Waals surface area contributed by atoms with Crippen LogP contribution in [0.1, 0.15) is 36.5 Å². The molecular weight excluding hydrogens is 268 g/mol. The van der Waals surface area contributed by atoms with Gasteiger partial charge in [0.15, 0.2) is 0 Å². The van der Waals surface area contributed by atoms with Crippen molar-refractivity contribution in [2.75, 3.05) is 6.54 Å². The Morgan fingerprint density at radius 3 is 2.88 bits per heavy atom. The van der Waals surface area contributed by atoms with Crippen molar-refractivity contribution in [2.45, 2.75) is 26.2 Å². The molecule has 0 aliphatic heterocycles. The van der Waals surface area contributed by atoms with Gasteiger partial charge in [-0.05, 0) is 46.7 Å². The molecule has 1 aliphatic carbocycles. The number of carbonyl (C=O) groups is 1. The van der Waals surface area contributed by atoms with Crippen LogP contribution in [-0.4, -0.2) is 17.4 Å². The zero-order valence-corrected chi connectivity index (χ0v) is 10.9. The Morgan fingerprint density at radius 2 is 2.31 bits per heavy atom. The number of hydrogen-bond acceptors (Lipinski definition) is 2. The lowest BCUT2D eigenvalue weighted by Gasteiger charge is -2.13. The molecule has 1 amide bonds. The molecule has 0 atom stereocenters. The average Bonchev–Trinajstić information content (AvgIpc) is 3.07. The third kappa shape index (κ3) is 2.61. The monoisotopic (exact) mass is 282 g/mol. The molecule has 0 bridgehead atoms. The minimum absolute atomic E-state index is 0.0338. The second kappa shape index (κ2) is 4.53. The van der Waals surface area contributed by atoms with Gasteiger partial charge in [0.2, 0.25) is 0 Å². The molecule has 16 heavy (non-hydrogen) atoms. The number of amides is 1. The number of nitrogens with zero attached hydrogens (tertiary/aromatic N) is 1. The summed E-state index contributed by atoms with van der Waals surface area (Å²) in [6.45, 7) is 2.97. The Kier molecular flexibility index (Phi) is 3.28. The average molecular weight is 283 g/mol. The number of pyridine rings is 1. The summed E-state index contributed by atoms with van der Waals surface area (Å²) in [7, 11) is 0. The molecule has 1 fully saturated rings. The third-order valence-corrected chi connectivity index (χ3v) is 3.73. The maximum Gasteiger partial charge on any atom is 0.252 e. The smallest absolute Gasteiger partial charge is 0.252 e. The van der Waals surface area contributed by atoms with Gasteiger partial charge in [-0.25, -0.2) is 0 Å². The highest BCUT2D eigenvalue weighted by molar-refractivity contribution is 9.10. The van der Waals surface area contributed by atoms with Gasteiger partial charge in [-0.3, -0.25) is 9.78 Å². The van der Waals surface area contributed by atoms with Crippen LogP contribution >= 0.6 is 15.9 Å². The molecular formula is C12H15BrN2O. The number of hydrogen-bond donors (Lipinski definition) is 1. The summed E-state index contributed by atoms with van der Waals surface area (Å²) < 4.78 is 0.830. The van der Waals surface area contributed by atoms with Gasteiger partial charge in [-0.1, -0.05) is 6.92 Å². The summed E-state index contributed by atoms with van der Waals surface area (Å²) in [5.74, 6) is -0.0338. The SMILES string of the molecule is CCC1(CNC(=O)c2cncc(Br)c2)CC1. The van der Waals surface area contributed by atoms with E-state index in [2.05, 4.69) is 33.2 Å². The number of aromatic nitrogens is 1. The summed E-state index contributed by atoms with van der Waals surface area (Å²) in [6.07, 6.45) is 6.88. The topological polar surface area (TPSA) is 42.0 Å². The minimum atomic E-state index is -0.0338. The van der Waals surface area contributed by atoms with E-state index < -0.39 is 0 Å². The van der Waals surface area contributed by atoms with Crippen LogP contribution in [0.5, 0.6) is 0 Å². The Balaban J connectivity index is 1.93. The zero-order chi connectivity index (χ0) is 11.6. The number of halogens is 1. The molecule has 0 unspecified atom stereocenters. The Labute approximate surface area is 104 Å². The van der Waals surface area contributed by atoms with Crippen molar-refractivity contribution in [3.05, 3.63) is 28.5 Å². The van der Waals surface area contributed by atoms with Crippen molar-refractivity contribution in [1.29, 1.82) is 0 Å². The van der Waals surface area contributed by atoms with E-state index in [4.69, 9.17) is 0 Å². The zero-order valence-electron chi connectivity index (χ0n) is 9.29. The van der Waals surface area contributed by atoms with Crippen molar-refractivity contribution in [3.63, 3.8) is 0 Å². The molecule has 0 saturated heterocycles. The van der Waals surface area contributed by atoms with Gasteiger partial charge in [-0.2, -0.15) is 0 Å². The second-order valence-electron chi connectivity index (χ2n) is 4.43. The van der Waals surface area contributed by atoms with Crippen LogP contribution in [0.3, 0.4) is 0 Å². The van der Waals surface area contributed by atoms with E-state index in [9.17, 15) is 4.79 Å². The molecule has 1 aromatic heterocycles. The first-order valence-corrected chi connectivity index (χ1v) is 6.33. The van der Waals surface area contributed by atoms with Crippen LogP contribution in [0.2, 0.25) is 0 Å². The largest absolute Gasteiger partial charge is 0.351 e. The van der Waals surface area contributed by atoms with E-state index in [0.29, 0.717) is 11.0 Å². The van der Waals surface area contributed by atoms with Crippen LogP contribution in [0.4, 0.5) is 0 Å². The molecule has 1 heterocycles. The quantitative estimate of drug-likeness (QED) is 0.923. The predicted molar refractivity (Wildman–Crippen MR) is 66.2 cm³/mol. The van der Waals surface area contributed by atoms with Crippen LogP contribution in [0.15, 0.2) is 22.9 Å². The van der Waals surface area contributed by atoms with Gasteiger partial charge in [0, 0.05) is 23.4 Å². The van der Waals surface area contributed by atoms with E-state index in [1.54, 1.807) is 18.5 Å². The Hall–Kier alpha value is -0.900. The van der Waals surface area contributed by atoms with Crippen LogP contribution in [-0.2, 0) is 0 Å². The first-order chi connectivity index (χ1) is 7.65. The van der Waals surface area contributed by atoms with Crippen molar-refractivity contribution in [1.82, 2.24) is 10.3 Å². The summed E-state index contributed by atoms with van der Waals surface area (Å²) in [5.41, 5.74) is 0.996. The van der Waals surface area contributed by atoms with Gasteiger partial charge in [0.05, 0.1) is 5.56 Å². The van der Waals surface area contributed by atoms with Gasteiger partial charge in [0.1, 0.15) is 0 Å². The van der Waals surface area contributed by atoms with Crippen molar-refractivity contribution >= 4 is 21.8 Å². The molecule has 1 saturated carbocycles. The van der Waals surface area contributed by atoms with Crippen molar-refractivity contribution in [3.8, 4) is 0 Å². The fourth-order valence-electron chi connectivity index (χ4n) is 1.74. The van der Waals surface area contributed by atoms with E-state index in [1.807, 2.05) is 0 Å². The number of nitrogens with one attached hydrogen (secondary N) is 1. The maximum atomic E-state index is 11.8.